The standard InChI is InChI=1S/C13H15S.C9H13.2ClH.Zr/c1-3-13(2,11-7-4-5-8-11)12-9-6-10-14-12;1-2-3-6-9-7-4-5-8-9;;;/h4-10H,3H2,1-2H3;4-5,7-8H,2-3,6H2,1H3;2*1H;/q2*-1;;;+4/p-2. The van der Waals surface area contributed by atoms with Crippen molar-refractivity contribution >= 4 is 28.4 Å². The molecule has 140 valence electrons. The van der Waals surface area contributed by atoms with Crippen LogP contribution >= 0.6 is 28.4 Å². The number of rotatable bonds is 6. The fourth-order valence-corrected chi connectivity index (χ4v) is 3.80. The summed E-state index contributed by atoms with van der Waals surface area (Å²) in [7, 11) is 9.87. The zero-order valence-corrected chi connectivity index (χ0v) is 20.6. The molecule has 0 nitrogen and oxygen atoms in total. The van der Waals surface area contributed by atoms with Crippen LogP contribution in [-0.4, -0.2) is 0 Å². The molecule has 0 fully saturated rings. The molecule has 0 spiro atoms. The molecule has 0 aliphatic heterocycles. The van der Waals surface area contributed by atoms with Crippen molar-refractivity contribution in [2.45, 2.75) is 51.9 Å². The van der Waals surface area contributed by atoms with Gasteiger partial charge in [0.25, 0.3) is 0 Å². The van der Waals surface area contributed by atoms with E-state index in [-0.39, 0.29) is 5.41 Å². The summed E-state index contributed by atoms with van der Waals surface area (Å²) in [6, 6.07) is 13.1. The molecular formula is C22H28Cl2SZr. The molecule has 0 N–H and O–H groups in total. The molecule has 0 bridgehead atoms. The van der Waals surface area contributed by atoms with E-state index in [1.807, 2.05) is 11.3 Å². The van der Waals surface area contributed by atoms with E-state index in [4.69, 9.17) is 17.0 Å². The Labute approximate surface area is 183 Å². The molecular weight excluding hydrogens is 458 g/mol. The van der Waals surface area contributed by atoms with E-state index in [1.165, 1.54) is 35.6 Å². The van der Waals surface area contributed by atoms with Gasteiger partial charge in [-0.2, -0.15) is 23.8 Å². The van der Waals surface area contributed by atoms with Crippen LogP contribution < -0.4 is 0 Å². The first-order chi connectivity index (χ1) is 12.6. The third-order valence-electron chi connectivity index (χ3n) is 4.62. The van der Waals surface area contributed by atoms with Crippen molar-refractivity contribution < 1.29 is 20.8 Å². The van der Waals surface area contributed by atoms with E-state index >= 15 is 0 Å². The maximum absolute atomic E-state index is 4.93. The van der Waals surface area contributed by atoms with Crippen LogP contribution in [0.2, 0.25) is 0 Å². The van der Waals surface area contributed by atoms with Crippen molar-refractivity contribution in [3.8, 4) is 0 Å². The van der Waals surface area contributed by atoms with Gasteiger partial charge in [-0.15, -0.1) is 17.8 Å². The second kappa shape index (κ2) is 14.2. The Morgan fingerprint density at radius 2 is 2.00 bits per heavy atom. The van der Waals surface area contributed by atoms with Gasteiger partial charge in [0.15, 0.2) is 0 Å². The summed E-state index contributed by atoms with van der Waals surface area (Å²) in [5.74, 6) is 1.48. The predicted molar refractivity (Wildman–Crippen MR) is 115 cm³/mol. The van der Waals surface area contributed by atoms with Crippen molar-refractivity contribution in [1.82, 2.24) is 0 Å². The van der Waals surface area contributed by atoms with E-state index < -0.39 is 20.8 Å². The minimum atomic E-state index is -0.826. The average Bonchev–Trinajstić information content (AvgIpc) is 3.43. The number of hydrogen-bond donors (Lipinski definition) is 0. The van der Waals surface area contributed by atoms with Gasteiger partial charge in [0.2, 0.25) is 0 Å². The number of unbranched alkanes of at least 4 members (excludes halogenated alkanes) is 1. The van der Waals surface area contributed by atoms with Gasteiger partial charge in [-0.1, -0.05) is 58.4 Å². The van der Waals surface area contributed by atoms with Crippen LogP contribution in [0.15, 0.2) is 53.9 Å². The molecule has 1 aromatic carbocycles. The van der Waals surface area contributed by atoms with Gasteiger partial charge in [0.1, 0.15) is 0 Å². The molecule has 2 radical (unpaired) electrons. The second-order valence-corrected chi connectivity index (χ2v) is 11.0. The van der Waals surface area contributed by atoms with Gasteiger partial charge in [-0.05, 0) is 16.9 Å². The van der Waals surface area contributed by atoms with Gasteiger partial charge in [-0.25, -0.2) is 24.6 Å². The molecule has 1 atom stereocenters. The molecule has 1 unspecified atom stereocenters. The number of hydrogen-bond acceptors (Lipinski definition) is 1. The summed E-state index contributed by atoms with van der Waals surface area (Å²) in [5, 5.41) is 2.16. The van der Waals surface area contributed by atoms with E-state index in [2.05, 4.69) is 87.5 Å². The molecule has 0 amide bonds. The minimum absolute atomic E-state index is 0.206. The quantitative estimate of drug-likeness (QED) is 0.360. The first-order valence-electron chi connectivity index (χ1n) is 9.05. The van der Waals surface area contributed by atoms with Gasteiger partial charge < -0.3 is 0 Å². The number of halogens is 2. The third-order valence-corrected chi connectivity index (χ3v) is 5.76. The molecule has 1 aliphatic rings. The number of allylic oxidation sites excluding steroid dienone is 2. The Bertz CT molecular complexity index is 533. The molecule has 2 aromatic rings. The van der Waals surface area contributed by atoms with Crippen molar-refractivity contribution in [3.63, 3.8) is 0 Å². The van der Waals surface area contributed by atoms with Crippen LogP contribution in [-0.2, 0) is 26.3 Å². The molecule has 0 saturated heterocycles. The first-order valence-corrected chi connectivity index (χ1v) is 16.3. The van der Waals surface area contributed by atoms with E-state index in [1.54, 1.807) is 0 Å². The summed E-state index contributed by atoms with van der Waals surface area (Å²) in [4.78, 5) is 1.46. The first kappa shape index (κ1) is 24.2. The van der Waals surface area contributed by atoms with E-state index in [0.717, 1.165) is 6.42 Å². The van der Waals surface area contributed by atoms with Crippen LogP contribution in [0.1, 0.15) is 56.9 Å². The molecule has 1 aliphatic carbocycles. The van der Waals surface area contributed by atoms with Crippen LogP contribution in [0.3, 0.4) is 0 Å². The monoisotopic (exact) mass is 484 g/mol. The third kappa shape index (κ3) is 8.01. The summed E-state index contributed by atoms with van der Waals surface area (Å²) in [6.07, 6.45) is 13.6. The fourth-order valence-electron chi connectivity index (χ4n) is 2.82. The van der Waals surface area contributed by atoms with Crippen LogP contribution in [0.4, 0.5) is 0 Å². The van der Waals surface area contributed by atoms with Crippen LogP contribution in [0.25, 0.3) is 0 Å². The van der Waals surface area contributed by atoms with Crippen molar-refractivity contribution in [3.05, 3.63) is 83.1 Å². The Morgan fingerprint density at radius 3 is 2.46 bits per heavy atom. The van der Waals surface area contributed by atoms with Crippen molar-refractivity contribution in [1.29, 1.82) is 0 Å². The Kier molecular flexibility index (Phi) is 13.2. The average molecular weight is 487 g/mol. The molecule has 1 heterocycles. The van der Waals surface area contributed by atoms with Gasteiger partial charge in [0.05, 0.1) is 0 Å². The van der Waals surface area contributed by atoms with E-state index in [0.29, 0.717) is 0 Å². The van der Waals surface area contributed by atoms with Crippen LogP contribution in [0.5, 0.6) is 0 Å². The summed E-state index contributed by atoms with van der Waals surface area (Å²) < 4.78 is 0. The SMILES string of the molecule is CCC(C)(c1cc[cH-]c1)c1cccs1.CCCC[C]1[CH]C=C[CH-]1.[Cl][Zr+2][Cl]. The fraction of sp³-hybridized carbons (Fsp3) is 0.364. The van der Waals surface area contributed by atoms with Gasteiger partial charge in [0, 0.05) is 4.88 Å². The summed E-state index contributed by atoms with van der Waals surface area (Å²) in [6.45, 7) is 6.81. The number of thiophene rings is 1. The van der Waals surface area contributed by atoms with E-state index in [9.17, 15) is 0 Å². The molecule has 1 aromatic heterocycles. The molecule has 26 heavy (non-hydrogen) atoms. The maximum atomic E-state index is 4.93. The summed E-state index contributed by atoms with van der Waals surface area (Å²) in [5.41, 5.74) is 1.64. The molecule has 4 heteroatoms. The Balaban J connectivity index is 0.000000243. The zero-order chi connectivity index (χ0) is 19.3. The molecule has 3 rings (SSSR count). The zero-order valence-electron chi connectivity index (χ0n) is 15.8. The normalized spacial score (nSPS) is 15.0. The van der Waals surface area contributed by atoms with Gasteiger partial charge >= 0.3 is 37.9 Å². The predicted octanol–water partition coefficient (Wildman–Crippen LogP) is 8.29. The Morgan fingerprint density at radius 1 is 1.23 bits per heavy atom. The summed E-state index contributed by atoms with van der Waals surface area (Å²) >= 11 is 1.03. The van der Waals surface area contributed by atoms with Crippen molar-refractivity contribution in [2.75, 3.05) is 0 Å². The molecule has 0 saturated carbocycles. The van der Waals surface area contributed by atoms with Crippen LogP contribution in [0, 0.1) is 18.8 Å². The Hall–Kier alpha value is 0.123. The van der Waals surface area contributed by atoms with Crippen molar-refractivity contribution in [2.24, 2.45) is 0 Å². The topological polar surface area (TPSA) is 0 Å². The second-order valence-electron chi connectivity index (χ2n) is 6.30. The van der Waals surface area contributed by atoms with Gasteiger partial charge in [-0.3, -0.25) is 0 Å².